The molecule has 2 aliphatic rings. The number of amides is 1. The number of para-hydroxylation sites is 1. The number of anilines is 1. The molecule has 1 spiro atoms. The summed E-state index contributed by atoms with van der Waals surface area (Å²) < 4.78 is 13.0. The molecule has 0 unspecified atom stereocenters. The van der Waals surface area contributed by atoms with Crippen molar-refractivity contribution < 1.29 is 9.18 Å². The van der Waals surface area contributed by atoms with E-state index in [2.05, 4.69) is 16.3 Å². The Morgan fingerprint density at radius 3 is 2.50 bits per heavy atom. The van der Waals surface area contributed by atoms with Crippen LogP contribution in [0.5, 0.6) is 0 Å². The van der Waals surface area contributed by atoms with Gasteiger partial charge in [-0.3, -0.25) is 9.69 Å². The standard InChI is InChI=1S/C20H21FN2O/c21-17-7-5-15(6-8-17)14-23-11-9-20(10-12-23)13-16-3-1-2-4-18(16)22-19(20)24/h1-8H,9-14H2,(H,22,24). The van der Waals surface area contributed by atoms with E-state index >= 15 is 0 Å². The van der Waals surface area contributed by atoms with E-state index in [4.69, 9.17) is 0 Å². The Morgan fingerprint density at radius 1 is 1.04 bits per heavy atom. The summed E-state index contributed by atoms with van der Waals surface area (Å²) in [4.78, 5) is 15.0. The van der Waals surface area contributed by atoms with Crippen LogP contribution in [0.4, 0.5) is 10.1 Å². The highest BCUT2D eigenvalue weighted by Gasteiger charge is 2.44. The van der Waals surface area contributed by atoms with Crippen LogP contribution in [0.25, 0.3) is 0 Å². The van der Waals surface area contributed by atoms with Crippen LogP contribution >= 0.6 is 0 Å². The Labute approximate surface area is 141 Å². The van der Waals surface area contributed by atoms with Crippen molar-refractivity contribution in [2.45, 2.75) is 25.8 Å². The number of carbonyl (C=O) groups excluding carboxylic acids is 1. The number of likely N-dealkylation sites (tertiary alicyclic amines) is 1. The molecule has 2 heterocycles. The predicted molar refractivity (Wildman–Crippen MR) is 92.1 cm³/mol. The summed E-state index contributed by atoms with van der Waals surface area (Å²) in [5, 5.41) is 3.09. The molecule has 2 aromatic rings. The maximum atomic E-state index is 13.0. The van der Waals surface area contributed by atoms with Crippen LogP contribution in [0.15, 0.2) is 48.5 Å². The Morgan fingerprint density at radius 2 is 1.75 bits per heavy atom. The second-order valence-electron chi connectivity index (χ2n) is 6.97. The molecule has 4 rings (SSSR count). The van der Waals surface area contributed by atoms with Crippen LogP contribution in [-0.4, -0.2) is 23.9 Å². The van der Waals surface area contributed by atoms with Gasteiger partial charge in [0.05, 0.1) is 5.41 Å². The normalized spacial score (nSPS) is 19.8. The lowest BCUT2D eigenvalue weighted by Crippen LogP contribution is -2.49. The lowest BCUT2D eigenvalue weighted by atomic mass is 9.71. The number of hydrogen-bond acceptors (Lipinski definition) is 2. The van der Waals surface area contributed by atoms with Gasteiger partial charge in [0.25, 0.3) is 0 Å². The predicted octanol–water partition coefficient (Wildman–Crippen LogP) is 3.60. The third-order valence-corrected chi connectivity index (χ3v) is 5.41. The van der Waals surface area contributed by atoms with Crippen LogP contribution in [0.2, 0.25) is 0 Å². The molecule has 3 nitrogen and oxygen atoms in total. The second-order valence-corrected chi connectivity index (χ2v) is 6.97. The summed E-state index contributed by atoms with van der Waals surface area (Å²) in [6.45, 7) is 2.61. The number of nitrogens with zero attached hydrogens (tertiary/aromatic N) is 1. The summed E-state index contributed by atoms with van der Waals surface area (Å²) >= 11 is 0. The molecule has 0 atom stereocenters. The number of piperidine rings is 1. The Kier molecular flexibility index (Phi) is 3.85. The van der Waals surface area contributed by atoms with Crippen molar-refractivity contribution in [3.63, 3.8) is 0 Å². The molecule has 4 heteroatoms. The van der Waals surface area contributed by atoms with E-state index in [9.17, 15) is 9.18 Å². The highest BCUT2D eigenvalue weighted by atomic mass is 19.1. The highest BCUT2D eigenvalue weighted by molar-refractivity contribution is 5.98. The zero-order chi connectivity index (χ0) is 16.6. The van der Waals surface area contributed by atoms with E-state index in [1.165, 1.54) is 17.7 Å². The number of benzene rings is 2. The molecule has 0 aromatic heterocycles. The molecule has 0 radical (unpaired) electrons. The fourth-order valence-electron chi connectivity index (χ4n) is 3.89. The van der Waals surface area contributed by atoms with Crippen molar-refractivity contribution in [2.24, 2.45) is 5.41 Å². The monoisotopic (exact) mass is 324 g/mol. The van der Waals surface area contributed by atoms with Gasteiger partial charge in [0.2, 0.25) is 5.91 Å². The largest absolute Gasteiger partial charge is 0.325 e. The summed E-state index contributed by atoms with van der Waals surface area (Å²) in [6.07, 6.45) is 2.57. The molecule has 2 aliphatic heterocycles. The minimum Gasteiger partial charge on any atom is -0.325 e. The molecule has 0 bridgehead atoms. The van der Waals surface area contributed by atoms with Gasteiger partial charge in [0.15, 0.2) is 0 Å². The highest BCUT2D eigenvalue weighted by Crippen LogP contribution is 2.41. The third-order valence-electron chi connectivity index (χ3n) is 5.41. The van der Waals surface area contributed by atoms with Crippen molar-refractivity contribution in [3.05, 3.63) is 65.5 Å². The second kappa shape index (κ2) is 6.02. The van der Waals surface area contributed by atoms with Gasteiger partial charge in [0.1, 0.15) is 5.82 Å². The minimum atomic E-state index is -0.270. The van der Waals surface area contributed by atoms with Crippen molar-refractivity contribution in [2.75, 3.05) is 18.4 Å². The van der Waals surface area contributed by atoms with E-state index < -0.39 is 0 Å². The van der Waals surface area contributed by atoms with E-state index in [0.29, 0.717) is 0 Å². The van der Waals surface area contributed by atoms with Crippen LogP contribution in [0.1, 0.15) is 24.0 Å². The summed E-state index contributed by atoms with van der Waals surface area (Å²) in [5.74, 6) is -0.0310. The van der Waals surface area contributed by atoms with E-state index in [1.54, 1.807) is 0 Å². The smallest absolute Gasteiger partial charge is 0.231 e. The first-order valence-corrected chi connectivity index (χ1v) is 8.51. The molecule has 1 amide bonds. The van der Waals surface area contributed by atoms with Crippen molar-refractivity contribution in [1.82, 2.24) is 4.90 Å². The number of halogens is 1. The zero-order valence-corrected chi connectivity index (χ0v) is 13.6. The fourth-order valence-corrected chi connectivity index (χ4v) is 3.89. The van der Waals surface area contributed by atoms with E-state index in [0.717, 1.165) is 50.1 Å². The number of fused-ring (bicyclic) bond motifs is 1. The van der Waals surface area contributed by atoms with Gasteiger partial charge in [-0.2, -0.15) is 0 Å². The molecular weight excluding hydrogens is 303 g/mol. The zero-order valence-electron chi connectivity index (χ0n) is 13.6. The number of nitrogens with one attached hydrogen (secondary N) is 1. The molecule has 0 aliphatic carbocycles. The summed E-state index contributed by atoms with van der Waals surface area (Å²) in [7, 11) is 0. The number of rotatable bonds is 2. The first-order chi connectivity index (χ1) is 11.6. The molecule has 2 aromatic carbocycles. The van der Waals surface area contributed by atoms with Gasteiger partial charge in [-0.25, -0.2) is 4.39 Å². The maximum Gasteiger partial charge on any atom is 0.231 e. The quantitative estimate of drug-likeness (QED) is 0.915. The molecule has 124 valence electrons. The maximum absolute atomic E-state index is 13.0. The molecule has 24 heavy (non-hydrogen) atoms. The average Bonchev–Trinajstić information content (AvgIpc) is 2.60. The van der Waals surface area contributed by atoms with Gasteiger partial charge < -0.3 is 5.32 Å². The van der Waals surface area contributed by atoms with Crippen LogP contribution in [0.3, 0.4) is 0 Å². The van der Waals surface area contributed by atoms with Crippen LogP contribution < -0.4 is 5.32 Å². The first kappa shape index (κ1) is 15.3. The van der Waals surface area contributed by atoms with Gasteiger partial charge in [-0.05, 0) is 61.7 Å². The molecule has 1 N–H and O–H groups in total. The number of hydrogen-bond donors (Lipinski definition) is 1. The van der Waals surface area contributed by atoms with Crippen LogP contribution in [0, 0.1) is 11.2 Å². The average molecular weight is 324 g/mol. The van der Waals surface area contributed by atoms with E-state index in [-0.39, 0.29) is 17.1 Å². The molecule has 1 fully saturated rings. The molecule has 1 saturated heterocycles. The SMILES string of the molecule is O=C1Nc2ccccc2CC12CCN(Cc1ccc(F)cc1)CC2. The fraction of sp³-hybridized carbons (Fsp3) is 0.350. The lowest BCUT2D eigenvalue weighted by Gasteiger charge is -2.43. The van der Waals surface area contributed by atoms with Crippen LogP contribution in [-0.2, 0) is 17.8 Å². The lowest BCUT2D eigenvalue weighted by molar-refractivity contribution is -0.129. The summed E-state index contributed by atoms with van der Waals surface area (Å²) in [6, 6.07) is 14.8. The topological polar surface area (TPSA) is 32.3 Å². The first-order valence-electron chi connectivity index (χ1n) is 8.51. The van der Waals surface area contributed by atoms with Crippen molar-refractivity contribution in [3.8, 4) is 0 Å². The van der Waals surface area contributed by atoms with Gasteiger partial charge in [0, 0.05) is 12.2 Å². The third kappa shape index (κ3) is 2.82. The van der Waals surface area contributed by atoms with Crippen molar-refractivity contribution in [1.29, 1.82) is 0 Å². The summed E-state index contributed by atoms with van der Waals surface area (Å²) in [5.41, 5.74) is 3.05. The Hall–Kier alpha value is -2.20. The van der Waals surface area contributed by atoms with E-state index in [1.807, 2.05) is 30.3 Å². The Balaban J connectivity index is 1.44. The molecule has 0 saturated carbocycles. The van der Waals surface area contributed by atoms with Gasteiger partial charge >= 0.3 is 0 Å². The van der Waals surface area contributed by atoms with Gasteiger partial charge in [-0.1, -0.05) is 30.3 Å². The molecular formula is C20H21FN2O. The Bertz CT molecular complexity index is 748. The minimum absolute atomic E-state index is 0.169. The van der Waals surface area contributed by atoms with Gasteiger partial charge in [-0.15, -0.1) is 0 Å². The number of carbonyl (C=O) groups is 1. The van der Waals surface area contributed by atoms with Crippen molar-refractivity contribution >= 4 is 11.6 Å².